The van der Waals surface area contributed by atoms with Crippen LogP contribution in [0.15, 0.2) is 30.3 Å². The fourth-order valence-electron chi connectivity index (χ4n) is 2.62. The zero-order valence-corrected chi connectivity index (χ0v) is 12.9. The van der Waals surface area contributed by atoms with Gasteiger partial charge in [-0.3, -0.25) is 0 Å². The molecule has 2 bridgehead atoms. The fourth-order valence-corrected chi connectivity index (χ4v) is 6.76. The van der Waals surface area contributed by atoms with Gasteiger partial charge in [0.1, 0.15) is 0 Å². The molecule has 3 rings (SSSR count). The molecule has 1 saturated heterocycles. The van der Waals surface area contributed by atoms with Gasteiger partial charge in [-0.2, -0.15) is 0 Å². The third-order valence-electron chi connectivity index (χ3n) is 3.29. The molecule has 1 aromatic carbocycles. The first-order chi connectivity index (χ1) is 7.78. The summed E-state index contributed by atoms with van der Waals surface area (Å²) in [5.74, 6) is 0.578. The van der Waals surface area contributed by atoms with Gasteiger partial charge in [0.2, 0.25) is 0 Å². The average Bonchev–Trinajstić information content (AvgIpc) is 2.87. The van der Waals surface area contributed by atoms with E-state index in [0.29, 0.717) is 12.0 Å². The normalized spacial score (nSPS) is 28.8. The second-order valence-electron chi connectivity index (χ2n) is 4.29. The van der Waals surface area contributed by atoms with E-state index in [1.165, 1.54) is 24.6 Å². The van der Waals surface area contributed by atoms with E-state index < -0.39 is 0 Å². The van der Waals surface area contributed by atoms with Crippen molar-refractivity contribution in [2.75, 3.05) is 6.54 Å². The minimum absolute atomic E-state index is 0.128. The van der Waals surface area contributed by atoms with E-state index in [-0.39, 0.29) is 23.3 Å². The number of fused-ring (bicyclic) bond motifs is 2. The number of rotatable bonds is 2. The number of nitrogens with zero attached hydrogens (tertiary/aromatic N) is 1. The van der Waals surface area contributed by atoms with Crippen molar-refractivity contribution in [2.45, 2.75) is 12.5 Å². The van der Waals surface area contributed by atoms with E-state index in [2.05, 4.69) is 27.8 Å². The molecule has 1 aliphatic heterocycles. The van der Waals surface area contributed by atoms with Crippen LogP contribution in [-0.4, -0.2) is 15.7 Å². The van der Waals surface area contributed by atoms with Gasteiger partial charge in [-0.1, -0.05) is 0 Å². The summed E-state index contributed by atoms with van der Waals surface area (Å²) in [6.07, 6.45) is 3.60. The molecule has 1 nitrogen and oxygen atoms in total. The Morgan fingerprint density at radius 1 is 1.44 bits per heavy atom. The maximum atomic E-state index is 13.2. The van der Waals surface area contributed by atoms with Crippen LogP contribution in [0.3, 0.4) is 0 Å². The van der Waals surface area contributed by atoms with E-state index >= 15 is 0 Å². The maximum absolute atomic E-state index is 13.2. The standard InChI is InChI=1S/C12H11FI2N/c13-10-3-1-2-9(6-10)11-4-8-5-12(11)16(7-8)15-14/h1-4,6,8,12H,5,7H2/q-1. The van der Waals surface area contributed by atoms with Gasteiger partial charge in [-0.25, -0.2) is 0 Å². The van der Waals surface area contributed by atoms with E-state index in [1.54, 1.807) is 12.1 Å². The summed E-state index contributed by atoms with van der Waals surface area (Å²) in [6.45, 7) is 1.22. The first-order valence-electron chi connectivity index (χ1n) is 5.28. The number of hydrogen-bond acceptors (Lipinski definition) is 1. The first kappa shape index (κ1) is 11.4. The van der Waals surface area contributed by atoms with E-state index in [0.717, 1.165) is 5.56 Å². The molecule has 2 aliphatic rings. The van der Waals surface area contributed by atoms with Crippen LogP contribution < -0.4 is 17.5 Å². The summed E-state index contributed by atoms with van der Waals surface area (Å²) in [4.78, 5) is 0. The summed E-state index contributed by atoms with van der Waals surface area (Å²) < 4.78 is 15.8. The molecule has 16 heavy (non-hydrogen) atoms. The van der Waals surface area contributed by atoms with Crippen LogP contribution >= 0.6 is 18.6 Å². The van der Waals surface area contributed by atoms with Crippen LogP contribution in [-0.2, 0) is 0 Å². The van der Waals surface area contributed by atoms with Gasteiger partial charge in [0, 0.05) is 0 Å². The van der Waals surface area contributed by atoms with Crippen LogP contribution in [0.1, 0.15) is 12.0 Å². The second kappa shape index (κ2) is 4.53. The molecule has 2 unspecified atom stereocenters. The van der Waals surface area contributed by atoms with Gasteiger partial charge in [0.15, 0.2) is 0 Å². The number of halogens is 3. The van der Waals surface area contributed by atoms with Gasteiger partial charge >= 0.3 is 116 Å². The van der Waals surface area contributed by atoms with Crippen molar-refractivity contribution in [3.05, 3.63) is 41.7 Å². The zero-order chi connectivity index (χ0) is 11.1. The molecule has 4 heteroatoms. The molecule has 0 radical (unpaired) electrons. The molecule has 0 N–H and O–H groups in total. The monoisotopic (exact) mass is 442 g/mol. The van der Waals surface area contributed by atoms with Crippen molar-refractivity contribution in [1.29, 1.82) is 0 Å². The van der Waals surface area contributed by atoms with Crippen LogP contribution in [0.2, 0.25) is 0 Å². The Morgan fingerprint density at radius 2 is 2.31 bits per heavy atom. The van der Waals surface area contributed by atoms with E-state index in [1.807, 2.05) is 6.07 Å². The predicted octanol–water partition coefficient (Wildman–Crippen LogP) is 0.267. The fraction of sp³-hybridized carbons (Fsp3) is 0.333. The third-order valence-corrected chi connectivity index (χ3v) is 7.96. The molecular weight excluding hydrogens is 431 g/mol. The quantitative estimate of drug-likeness (QED) is 0.470. The first-order valence-corrected chi connectivity index (χ1v) is 12.5. The predicted molar refractivity (Wildman–Crippen MR) is 67.0 cm³/mol. The van der Waals surface area contributed by atoms with Crippen LogP contribution in [0.4, 0.5) is 4.39 Å². The van der Waals surface area contributed by atoms with Crippen molar-refractivity contribution in [2.24, 2.45) is 5.92 Å². The van der Waals surface area contributed by atoms with E-state index in [4.69, 9.17) is 0 Å². The Bertz CT molecular complexity index is 446. The molecule has 1 aromatic rings. The minimum atomic E-state index is -0.128. The topological polar surface area (TPSA) is 3.24 Å². The summed E-state index contributed by atoms with van der Waals surface area (Å²) in [5, 5.41) is 0. The Balaban J connectivity index is 1.95. The van der Waals surface area contributed by atoms with Crippen molar-refractivity contribution in [3.63, 3.8) is 0 Å². The van der Waals surface area contributed by atoms with Gasteiger partial charge < -0.3 is 0 Å². The van der Waals surface area contributed by atoms with Gasteiger partial charge in [-0.05, 0) is 0 Å². The molecule has 0 amide bonds. The van der Waals surface area contributed by atoms with Crippen LogP contribution in [0, 0.1) is 11.7 Å². The van der Waals surface area contributed by atoms with Gasteiger partial charge in [0.05, 0.1) is 0 Å². The molecule has 1 fully saturated rings. The van der Waals surface area contributed by atoms with Crippen molar-refractivity contribution in [1.82, 2.24) is 3.11 Å². The van der Waals surface area contributed by atoms with Gasteiger partial charge in [-0.15, -0.1) is 0 Å². The molecular formula is C12H11FI2N-. The number of benzene rings is 1. The molecule has 1 heterocycles. The Hall–Kier alpha value is 0.310. The molecule has 2 atom stereocenters. The molecule has 1 aliphatic carbocycles. The summed E-state index contributed by atoms with van der Waals surface area (Å²) in [6, 6.07) is 7.58. The Kier molecular flexibility index (Phi) is 3.23. The Labute approximate surface area is 115 Å². The van der Waals surface area contributed by atoms with Crippen molar-refractivity contribution >= 4 is 24.2 Å². The summed E-state index contributed by atoms with van der Waals surface area (Å²) in [5.41, 5.74) is 2.43. The SMILES string of the molecule is Fc1cccc(C2=CC3CC2N([I-]I)C3)c1. The summed E-state index contributed by atoms with van der Waals surface area (Å²) in [7, 11) is 0. The van der Waals surface area contributed by atoms with Gasteiger partial charge in [0.25, 0.3) is 0 Å². The van der Waals surface area contributed by atoms with Crippen molar-refractivity contribution < 1.29 is 21.9 Å². The molecule has 0 spiro atoms. The number of hydrogen-bond donors (Lipinski definition) is 0. The zero-order valence-electron chi connectivity index (χ0n) is 8.54. The summed E-state index contributed by atoms with van der Waals surface area (Å²) >= 11 is 2.65. The van der Waals surface area contributed by atoms with Crippen LogP contribution in [0.5, 0.6) is 0 Å². The third kappa shape index (κ3) is 1.92. The average molecular weight is 442 g/mol. The van der Waals surface area contributed by atoms with Crippen LogP contribution in [0.25, 0.3) is 5.57 Å². The van der Waals surface area contributed by atoms with E-state index in [9.17, 15) is 4.39 Å². The molecule has 0 aromatic heterocycles. The molecule has 86 valence electrons. The Morgan fingerprint density at radius 3 is 3.00 bits per heavy atom. The van der Waals surface area contributed by atoms with Crippen molar-refractivity contribution in [3.8, 4) is 0 Å². The second-order valence-corrected chi connectivity index (χ2v) is 8.34. The molecule has 0 saturated carbocycles.